The molecule has 0 bridgehead atoms. The van der Waals surface area contributed by atoms with Crippen LogP contribution in [0.4, 0.5) is 0 Å². The second-order valence-corrected chi connectivity index (χ2v) is 11.6. The van der Waals surface area contributed by atoms with Crippen LogP contribution in [0.3, 0.4) is 0 Å². The molecular formula is C37H33IrN3O+. The van der Waals surface area contributed by atoms with E-state index >= 15 is 0 Å². The summed E-state index contributed by atoms with van der Waals surface area (Å²) in [5.41, 5.74) is 8.75. The average Bonchev–Trinajstić information content (AvgIpc) is 3.39. The van der Waals surface area contributed by atoms with Crippen molar-refractivity contribution in [1.29, 1.82) is 0 Å². The molecule has 0 spiro atoms. The Kier molecular flexibility index (Phi) is 8.45. The van der Waals surface area contributed by atoms with Gasteiger partial charge in [0.15, 0.2) is 0 Å². The summed E-state index contributed by atoms with van der Waals surface area (Å²) in [5.74, 6) is 2.11. The molecule has 5 heteroatoms. The number of imidazole rings is 1. The summed E-state index contributed by atoms with van der Waals surface area (Å²) < 4.78 is 10.6. The van der Waals surface area contributed by atoms with Gasteiger partial charge in [-0.05, 0) is 52.5 Å². The van der Waals surface area contributed by atoms with Gasteiger partial charge >= 0.3 is 20.1 Å². The molecule has 4 nitrogen and oxygen atoms in total. The van der Waals surface area contributed by atoms with Crippen LogP contribution in [0, 0.1) is 18.5 Å². The molecular weight excluding hydrogens is 695 g/mol. The van der Waals surface area contributed by atoms with E-state index in [0.717, 1.165) is 45.2 Å². The Morgan fingerprint density at radius 1 is 0.833 bits per heavy atom. The van der Waals surface area contributed by atoms with Gasteiger partial charge in [0.05, 0.1) is 11.2 Å². The van der Waals surface area contributed by atoms with Crippen molar-refractivity contribution in [2.75, 3.05) is 0 Å². The van der Waals surface area contributed by atoms with E-state index in [1.54, 1.807) is 6.20 Å². The standard InChI is InChI=1S/C26H25N2O.C11H8N.Ir/c1-17(2)20-8-6-10-22-25(20)29-23-11-7-9-21-24(23)28(22)16-27(21)19-14-12-18(13-15-19)26(3,4)5;1-2-6-10(7-3-1)11-8-4-5-9-12-11;/h6-9,11-15,17H,1-5H3;1-6,8-9H;/q2*-1;+3. The Morgan fingerprint density at radius 3 is 2.29 bits per heavy atom. The Labute approximate surface area is 262 Å². The first-order valence-electron chi connectivity index (χ1n) is 14.0. The van der Waals surface area contributed by atoms with Crippen LogP contribution in [0.5, 0.6) is 11.5 Å². The maximum absolute atomic E-state index is 6.37. The van der Waals surface area contributed by atoms with Crippen molar-refractivity contribution in [2.45, 2.75) is 46.0 Å². The van der Waals surface area contributed by atoms with Gasteiger partial charge in [-0.2, -0.15) is 18.2 Å². The predicted octanol–water partition coefficient (Wildman–Crippen LogP) is 8.58. The van der Waals surface area contributed by atoms with E-state index in [4.69, 9.17) is 4.74 Å². The summed E-state index contributed by atoms with van der Waals surface area (Å²) >= 11 is 0. The fraction of sp³-hybridized carbons (Fsp3) is 0.189. The van der Waals surface area contributed by atoms with Crippen molar-refractivity contribution in [3.05, 3.63) is 133 Å². The molecule has 1 aliphatic heterocycles. The molecule has 0 atom stereocenters. The average molecular weight is 728 g/mol. The molecule has 0 saturated heterocycles. The fourth-order valence-electron chi connectivity index (χ4n) is 5.07. The van der Waals surface area contributed by atoms with Gasteiger partial charge in [0.1, 0.15) is 11.3 Å². The smallest absolute Gasteiger partial charge is 0.523 e. The van der Waals surface area contributed by atoms with Crippen LogP contribution >= 0.6 is 0 Å². The van der Waals surface area contributed by atoms with E-state index in [-0.39, 0.29) is 25.5 Å². The quantitative estimate of drug-likeness (QED) is 0.135. The minimum atomic E-state index is 0. The van der Waals surface area contributed by atoms with Gasteiger partial charge in [-0.25, -0.2) is 0 Å². The maximum Gasteiger partial charge on any atom is 3.00 e. The molecule has 0 fully saturated rings. The van der Waals surface area contributed by atoms with Crippen LogP contribution in [0.2, 0.25) is 0 Å². The van der Waals surface area contributed by atoms with Gasteiger partial charge < -0.3 is 14.3 Å². The number of aromatic nitrogens is 3. The first-order valence-corrected chi connectivity index (χ1v) is 14.0. The van der Waals surface area contributed by atoms with Crippen molar-refractivity contribution >= 4 is 11.0 Å². The Balaban J connectivity index is 0.000000228. The molecule has 0 unspecified atom stereocenters. The SMILES string of the molecule is CC(C)c1cc[c-]c2c1Oc1cccc3c1[n+]-2[c-]n3-c1ccc(C(C)(C)C)cc1.[Ir+3].[c-]1ccccc1-c1ccccn1. The van der Waals surface area contributed by atoms with Crippen molar-refractivity contribution in [3.8, 4) is 34.1 Å². The molecule has 3 heterocycles. The number of nitrogens with zero attached hydrogens (tertiary/aromatic N) is 3. The number of hydrogen-bond acceptors (Lipinski definition) is 2. The summed E-state index contributed by atoms with van der Waals surface area (Å²) in [7, 11) is 0. The monoisotopic (exact) mass is 728 g/mol. The Hall–Kier alpha value is -4.05. The van der Waals surface area contributed by atoms with Crippen LogP contribution < -0.4 is 9.30 Å². The molecule has 0 aliphatic carbocycles. The molecule has 6 aromatic rings. The van der Waals surface area contributed by atoms with E-state index in [1.807, 2.05) is 60.7 Å². The van der Waals surface area contributed by atoms with Crippen molar-refractivity contribution in [1.82, 2.24) is 9.55 Å². The van der Waals surface area contributed by atoms with Crippen LogP contribution in [0.1, 0.15) is 51.7 Å². The van der Waals surface area contributed by atoms with E-state index < -0.39 is 0 Å². The van der Waals surface area contributed by atoms with Crippen LogP contribution in [0.25, 0.3) is 33.7 Å². The van der Waals surface area contributed by atoms with Crippen LogP contribution in [-0.4, -0.2) is 9.55 Å². The van der Waals surface area contributed by atoms with Gasteiger partial charge in [0, 0.05) is 11.9 Å². The zero-order chi connectivity index (χ0) is 28.6. The van der Waals surface area contributed by atoms with E-state index in [9.17, 15) is 0 Å². The van der Waals surface area contributed by atoms with E-state index in [2.05, 4.69) is 104 Å². The second-order valence-electron chi connectivity index (χ2n) is 11.6. The number of fused-ring (bicyclic) bond motifs is 2. The summed E-state index contributed by atoms with van der Waals surface area (Å²) in [6, 6.07) is 39.2. The van der Waals surface area contributed by atoms with Gasteiger partial charge in [-0.1, -0.05) is 71.0 Å². The number of para-hydroxylation sites is 1. The normalized spacial score (nSPS) is 11.7. The largest absolute Gasteiger partial charge is 3.00 e. The number of benzene rings is 4. The molecule has 7 rings (SSSR count). The molecule has 1 aliphatic rings. The van der Waals surface area contributed by atoms with Crippen LogP contribution in [-0.2, 0) is 25.5 Å². The van der Waals surface area contributed by atoms with Gasteiger partial charge in [0.25, 0.3) is 6.33 Å². The molecule has 0 radical (unpaired) electrons. The summed E-state index contributed by atoms with van der Waals surface area (Å²) in [6.45, 7) is 11.1. The molecule has 0 amide bonds. The van der Waals surface area contributed by atoms with Gasteiger partial charge in [0.2, 0.25) is 0 Å². The zero-order valence-electron chi connectivity index (χ0n) is 24.5. The number of hydrogen-bond donors (Lipinski definition) is 0. The Morgan fingerprint density at radius 2 is 1.62 bits per heavy atom. The first kappa shape index (κ1) is 29.4. The van der Waals surface area contributed by atoms with Crippen LogP contribution in [0.15, 0.2) is 103 Å². The van der Waals surface area contributed by atoms with Crippen molar-refractivity contribution in [2.24, 2.45) is 0 Å². The number of rotatable bonds is 3. The van der Waals surface area contributed by atoms with Crippen molar-refractivity contribution in [3.63, 3.8) is 0 Å². The van der Waals surface area contributed by atoms with E-state index in [1.165, 1.54) is 11.1 Å². The van der Waals surface area contributed by atoms with Gasteiger partial charge in [-0.15, -0.1) is 41.5 Å². The minimum Gasteiger partial charge on any atom is -0.523 e. The third kappa shape index (κ3) is 5.68. The number of ether oxygens (including phenoxy) is 1. The van der Waals surface area contributed by atoms with Gasteiger partial charge in [-0.3, -0.25) is 4.57 Å². The molecule has 0 N–H and O–H groups in total. The number of pyridine rings is 1. The van der Waals surface area contributed by atoms with Crippen molar-refractivity contribution < 1.29 is 29.4 Å². The molecule has 0 saturated carbocycles. The summed E-state index contributed by atoms with van der Waals surface area (Å²) in [5, 5.41) is 0. The third-order valence-corrected chi connectivity index (χ3v) is 7.30. The fourth-order valence-corrected chi connectivity index (χ4v) is 5.07. The second kappa shape index (κ2) is 12.1. The molecule has 2 aromatic heterocycles. The minimum absolute atomic E-state index is 0. The molecule has 42 heavy (non-hydrogen) atoms. The molecule has 4 aromatic carbocycles. The first-order chi connectivity index (χ1) is 19.8. The predicted molar refractivity (Wildman–Crippen MR) is 164 cm³/mol. The maximum atomic E-state index is 6.37. The summed E-state index contributed by atoms with van der Waals surface area (Å²) in [4.78, 5) is 4.22. The summed E-state index contributed by atoms with van der Waals surface area (Å²) in [6.07, 6.45) is 5.34. The zero-order valence-corrected chi connectivity index (χ0v) is 26.9. The topological polar surface area (TPSA) is 30.9 Å². The third-order valence-electron chi connectivity index (χ3n) is 7.30. The molecule has 210 valence electrons. The Bertz CT molecular complexity index is 1770. The van der Waals surface area contributed by atoms with E-state index in [0.29, 0.717) is 5.92 Å².